The van der Waals surface area contributed by atoms with E-state index in [2.05, 4.69) is 9.97 Å². The molecule has 2 aromatic rings. The topological polar surface area (TPSA) is 63.1 Å². The fourth-order valence-electron chi connectivity index (χ4n) is 1.37. The number of nitrogens with zero attached hydrogens (tertiary/aromatic N) is 2. The molecule has 104 valence electrons. The molecule has 4 nitrogen and oxygen atoms in total. The Morgan fingerprint density at radius 3 is 1.65 bits per heavy atom. The highest BCUT2D eigenvalue weighted by Crippen LogP contribution is 2.47. The number of rotatable bonds is 2. The highest BCUT2D eigenvalue weighted by molar-refractivity contribution is 6.56. The molecule has 0 radical (unpaired) electrons. The Bertz CT molecular complexity index is 674. The predicted octanol–water partition coefficient (Wildman–Crippen LogP) is 5.11. The number of aromatic carboxylic acids is 1. The van der Waals surface area contributed by atoms with Gasteiger partial charge in [-0.3, -0.25) is 0 Å². The monoisotopic (exact) mass is 370 g/mol. The van der Waals surface area contributed by atoms with Crippen LogP contribution in [0.4, 0.5) is 0 Å². The first kappa shape index (κ1) is 15.6. The highest BCUT2D eigenvalue weighted by Gasteiger charge is 2.22. The molecule has 0 atom stereocenters. The van der Waals surface area contributed by atoms with Crippen LogP contribution in [0.1, 0.15) is 10.4 Å². The normalized spacial score (nSPS) is 10.7. The summed E-state index contributed by atoms with van der Waals surface area (Å²) in [7, 11) is 0. The summed E-state index contributed by atoms with van der Waals surface area (Å²) in [5.74, 6) is -1.06. The van der Waals surface area contributed by atoms with Crippen LogP contribution in [0, 0.1) is 0 Å². The highest BCUT2D eigenvalue weighted by atomic mass is 35.5. The maximum absolute atomic E-state index is 10.7. The van der Waals surface area contributed by atoms with Gasteiger partial charge in [0.25, 0.3) is 0 Å². The Kier molecular flexibility index (Phi) is 4.62. The van der Waals surface area contributed by atoms with E-state index < -0.39 is 5.97 Å². The van der Waals surface area contributed by atoms with Crippen LogP contribution in [0.3, 0.4) is 0 Å². The minimum Gasteiger partial charge on any atom is -0.478 e. The number of carboxylic acids is 1. The molecule has 0 aliphatic rings. The van der Waals surface area contributed by atoms with Gasteiger partial charge in [0.05, 0.1) is 36.2 Å². The van der Waals surface area contributed by atoms with E-state index in [1.807, 2.05) is 0 Å². The Hall–Kier alpha value is -0.780. The first-order valence-corrected chi connectivity index (χ1v) is 6.80. The number of aromatic nitrogens is 2. The van der Waals surface area contributed by atoms with Gasteiger partial charge < -0.3 is 5.11 Å². The predicted molar refractivity (Wildman–Crippen MR) is 79.5 cm³/mol. The van der Waals surface area contributed by atoms with Gasteiger partial charge in [-0.05, 0) is 0 Å². The van der Waals surface area contributed by atoms with Crippen molar-refractivity contribution < 1.29 is 9.90 Å². The number of hydrogen-bond donors (Lipinski definition) is 1. The van der Waals surface area contributed by atoms with Crippen molar-refractivity contribution in [1.29, 1.82) is 0 Å². The lowest BCUT2D eigenvalue weighted by molar-refractivity contribution is 0.0696. The second-order valence-electron chi connectivity index (χ2n) is 3.55. The van der Waals surface area contributed by atoms with E-state index >= 15 is 0 Å². The van der Waals surface area contributed by atoms with Crippen LogP contribution < -0.4 is 0 Å². The lowest BCUT2D eigenvalue weighted by Crippen LogP contribution is -2.00. The molecule has 1 N–H and O–H groups in total. The van der Waals surface area contributed by atoms with Crippen molar-refractivity contribution in [1.82, 2.24) is 9.97 Å². The summed E-state index contributed by atoms with van der Waals surface area (Å²) in [6.07, 6.45) is 2.24. The summed E-state index contributed by atoms with van der Waals surface area (Å²) in [6, 6.07) is 0. The summed E-state index contributed by atoms with van der Waals surface area (Å²) in [4.78, 5) is 18.5. The van der Waals surface area contributed by atoms with E-state index in [4.69, 9.17) is 63.1 Å². The third-order valence-corrected chi connectivity index (χ3v) is 4.61. The van der Waals surface area contributed by atoms with Crippen molar-refractivity contribution in [3.63, 3.8) is 0 Å². The van der Waals surface area contributed by atoms with Gasteiger partial charge in [0, 0.05) is 12.4 Å². The minimum atomic E-state index is -1.15. The zero-order chi connectivity index (χ0) is 15.0. The number of carboxylic acid groups (broad SMARTS) is 1. The average molecular weight is 372 g/mol. The fraction of sp³-hybridized carbons (Fsp3) is 0. The van der Waals surface area contributed by atoms with Crippen LogP contribution in [0.5, 0.6) is 0 Å². The Morgan fingerprint density at radius 2 is 1.25 bits per heavy atom. The SMILES string of the molecule is O=C(O)c1cnc(-c2c(Cl)c(Cl)c(Cl)c(Cl)c2Cl)nc1. The van der Waals surface area contributed by atoms with E-state index in [-0.39, 0.29) is 42.1 Å². The van der Waals surface area contributed by atoms with Crippen LogP contribution in [-0.4, -0.2) is 21.0 Å². The molecule has 1 heterocycles. The molecule has 0 saturated carbocycles. The third-order valence-electron chi connectivity index (χ3n) is 2.33. The molecule has 0 spiro atoms. The molecule has 0 aliphatic heterocycles. The van der Waals surface area contributed by atoms with Crippen LogP contribution in [0.25, 0.3) is 11.4 Å². The van der Waals surface area contributed by atoms with Crippen molar-refractivity contribution in [3.8, 4) is 11.4 Å². The largest absolute Gasteiger partial charge is 0.478 e. The van der Waals surface area contributed by atoms with Crippen LogP contribution in [0.2, 0.25) is 25.1 Å². The van der Waals surface area contributed by atoms with Gasteiger partial charge in [0.1, 0.15) is 0 Å². The van der Waals surface area contributed by atoms with Crippen LogP contribution in [-0.2, 0) is 0 Å². The Morgan fingerprint density at radius 1 is 0.850 bits per heavy atom. The van der Waals surface area contributed by atoms with Crippen molar-refractivity contribution in [2.24, 2.45) is 0 Å². The van der Waals surface area contributed by atoms with Gasteiger partial charge in [0.2, 0.25) is 0 Å². The molecule has 0 aliphatic carbocycles. The summed E-state index contributed by atoms with van der Waals surface area (Å²) in [5, 5.41) is 8.92. The fourth-order valence-corrected chi connectivity index (χ4v) is 2.68. The zero-order valence-electron chi connectivity index (χ0n) is 9.29. The maximum Gasteiger partial charge on any atom is 0.338 e. The summed E-state index contributed by atoms with van der Waals surface area (Å²) < 4.78 is 0. The molecule has 1 aromatic heterocycles. The van der Waals surface area contributed by atoms with E-state index in [0.29, 0.717) is 0 Å². The van der Waals surface area contributed by atoms with E-state index in [1.165, 1.54) is 0 Å². The van der Waals surface area contributed by atoms with E-state index in [0.717, 1.165) is 12.4 Å². The quantitative estimate of drug-likeness (QED) is 0.588. The molecule has 20 heavy (non-hydrogen) atoms. The summed E-state index contributed by atoms with van der Waals surface area (Å²) in [5.41, 5.74) is 0.108. The molecule has 2 rings (SSSR count). The second kappa shape index (κ2) is 5.92. The molecule has 1 aromatic carbocycles. The summed E-state index contributed by atoms with van der Waals surface area (Å²) >= 11 is 29.8. The van der Waals surface area contributed by atoms with Gasteiger partial charge in [-0.25, -0.2) is 14.8 Å². The Labute approximate surface area is 138 Å². The van der Waals surface area contributed by atoms with E-state index in [1.54, 1.807) is 0 Å². The lowest BCUT2D eigenvalue weighted by atomic mass is 10.2. The molecule has 9 heteroatoms. The standard InChI is InChI=1S/C11H3Cl5N2O2/c12-5-4(6(13)8(15)9(16)7(5)14)10-17-1-3(2-18-10)11(19)20/h1-2H,(H,19,20). The molecular formula is C11H3Cl5N2O2. The van der Waals surface area contributed by atoms with E-state index in [9.17, 15) is 4.79 Å². The average Bonchev–Trinajstić information content (AvgIpc) is 2.44. The van der Waals surface area contributed by atoms with Crippen molar-refractivity contribution in [2.45, 2.75) is 0 Å². The van der Waals surface area contributed by atoms with Crippen molar-refractivity contribution in [2.75, 3.05) is 0 Å². The van der Waals surface area contributed by atoms with Gasteiger partial charge in [-0.1, -0.05) is 58.0 Å². The smallest absolute Gasteiger partial charge is 0.338 e. The van der Waals surface area contributed by atoms with Gasteiger partial charge >= 0.3 is 5.97 Å². The molecule has 0 amide bonds. The number of benzene rings is 1. The Balaban J connectivity index is 2.67. The molecule has 0 unspecified atom stereocenters. The molecule has 0 saturated heterocycles. The second-order valence-corrected chi connectivity index (χ2v) is 5.44. The molecular weight excluding hydrogens is 369 g/mol. The first-order chi connectivity index (χ1) is 9.34. The number of hydrogen-bond acceptors (Lipinski definition) is 3. The minimum absolute atomic E-state index is 0.0173. The summed E-state index contributed by atoms with van der Waals surface area (Å²) in [6.45, 7) is 0. The number of halogens is 5. The molecule has 0 fully saturated rings. The molecule has 0 bridgehead atoms. The van der Waals surface area contributed by atoms with Crippen molar-refractivity contribution >= 4 is 64.0 Å². The zero-order valence-corrected chi connectivity index (χ0v) is 13.1. The third kappa shape index (κ3) is 2.67. The maximum atomic E-state index is 10.7. The lowest BCUT2D eigenvalue weighted by Gasteiger charge is -2.11. The van der Waals surface area contributed by atoms with Crippen LogP contribution >= 0.6 is 58.0 Å². The van der Waals surface area contributed by atoms with Gasteiger partial charge in [-0.2, -0.15) is 0 Å². The van der Waals surface area contributed by atoms with Crippen LogP contribution in [0.15, 0.2) is 12.4 Å². The number of carbonyl (C=O) groups is 1. The van der Waals surface area contributed by atoms with Gasteiger partial charge in [0.15, 0.2) is 5.82 Å². The first-order valence-electron chi connectivity index (χ1n) is 4.91. The van der Waals surface area contributed by atoms with Crippen molar-refractivity contribution in [3.05, 3.63) is 43.1 Å². The van der Waals surface area contributed by atoms with Gasteiger partial charge in [-0.15, -0.1) is 0 Å².